The highest BCUT2D eigenvalue weighted by atomic mass is 127. The third-order valence-electron chi connectivity index (χ3n) is 2.12. The van der Waals surface area contributed by atoms with Gasteiger partial charge in [0.25, 0.3) is 0 Å². The monoisotopic (exact) mass is 295 g/mol. The Bertz CT molecular complexity index is 437. The average Bonchev–Trinajstić information content (AvgIpc) is 2.23. The maximum atomic E-state index is 4.34. The molecule has 0 saturated carbocycles. The van der Waals surface area contributed by atoms with Gasteiger partial charge in [-0.05, 0) is 46.7 Å². The summed E-state index contributed by atoms with van der Waals surface area (Å²) in [5, 5.41) is 0. The fourth-order valence-corrected chi connectivity index (χ4v) is 1.64. The van der Waals surface area contributed by atoms with E-state index in [0.717, 1.165) is 3.70 Å². The van der Waals surface area contributed by atoms with E-state index >= 15 is 0 Å². The summed E-state index contributed by atoms with van der Waals surface area (Å²) in [4.78, 5) is 4.34. The van der Waals surface area contributed by atoms with E-state index in [-0.39, 0.29) is 0 Å². The van der Waals surface area contributed by atoms with Gasteiger partial charge in [-0.2, -0.15) is 0 Å². The molecular formula is C12H10IN. The van der Waals surface area contributed by atoms with Crippen molar-refractivity contribution in [3.8, 4) is 11.1 Å². The van der Waals surface area contributed by atoms with Gasteiger partial charge in [-0.1, -0.05) is 30.3 Å². The number of halogens is 1. The fraction of sp³-hybridized carbons (Fsp3) is 0.0833. The predicted molar refractivity (Wildman–Crippen MR) is 67.1 cm³/mol. The molecule has 0 spiro atoms. The summed E-state index contributed by atoms with van der Waals surface area (Å²) in [6, 6.07) is 12.5. The van der Waals surface area contributed by atoms with Gasteiger partial charge in [0.1, 0.15) is 3.70 Å². The van der Waals surface area contributed by atoms with E-state index in [2.05, 4.69) is 52.7 Å². The summed E-state index contributed by atoms with van der Waals surface area (Å²) in [6.07, 6.45) is 1.92. The molecule has 0 bridgehead atoms. The van der Waals surface area contributed by atoms with Crippen LogP contribution in [0.4, 0.5) is 0 Å². The molecule has 0 fully saturated rings. The minimum Gasteiger partial charge on any atom is -0.249 e. The van der Waals surface area contributed by atoms with E-state index in [9.17, 15) is 0 Å². The van der Waals surface area contributed by atoms with E-state index in [1.54, 1.807) is 0 Å². The van der Waals surface area contributed by atoms with Crippen LogP contribution in [0, 0.1) is 10.6 Å². The molecule has 2 heteroatoms. The Kier molecular flexibility index (Phi) is 2.82. The van der Waals surface area contributed by atoms with Gasteiger partial charge in [0, 0.05) is 11.8 Å². The number of pyridine rings is 1. The topological polar surface area (TPSA) is 12.9 Å². The molecule has 0 aliphatic rings. The van der Waals surface area contributed by atoms with Crippen molar-refractivity contribution in [3.63, 3.8) is 0 Å². The molecule has 0 saturated heterocycles. The molecule has 70 valence electrons. The van der Waals surface area contributed by atoms with Gasteiger partial charge in [0.05, 0.1) is 0 Å². The van der Waals surface area contributed by atoms with Crippen LogP contribution in [-0.4, -0.2) is 4.98 Å². The Morgan fingerprint density at radius 3 is 2.43 bits per heavy atom. The van der Waals surface area contributed by atoms with Crippen molar-refractivity contribution in [3.05, 3.63) is 51.9 Å². The van der Waals surface area contributed by atoms with Crippen LogP contribution in [-0.2, 0) is 0 Å². The Labute approximate surface area is 97.3 Å². The second-order valence-corrected chi connectivity index (χ2v) is 4.22. The lowest BCUT2D eigenvalue weighted by Gasteiger charge is -2.03. The lowest BCUT2D eigenvalue weighted by Crippen LogP contribution is -1.87. The van der Waals surface area contributed by atoms with E-state index in [1.165, 1.54) is 16.7 Å². The van der Waals surface area contributed by atoms with Crippen LogP contribution < -0.4 is 0 Å². The molecule has 0 N–H and O–H groups in total. The van der Waals surface area contributed by atoms with Crippen LogP contribution in [0.1, 0.15) is 5.56 Å². The van der Waals surface area contributed by atoms with Gasteiger partial charge < -0.3 is 0 Å². The first-order valence-corrected chi connectivity index (χ1v) is 5.53. The minimum absolute atomic E-state index is 1.07. The first-order valence-electron chi connectivity index (χ1n) is 4.45. The number of hydrogen-bond acceptors (Lipinski definition) is 1. The largest absolute Gasteiger partial charge is 0.249 e. The van der Waals surface area contributed by atoms with E-state index in [1.807, 2.05) is 24.4 Å². The smallest absolute Gasteiger partial charge is 0.104 e. The van der Waals surface area contributed by atoms with Crippen molar-refractivity contribution in [2.24, 2.45) is 0 Å². The van der Waals surface area contributed by atoms with Gasteiger partial charge in [0.2, 0.25) is 0 Å². The maximum Gasteiger partial charge on any atom is 0.104 e. The maximum absolute atomic E-state index is 4.34. The molecule has 1 aromatic heterocycles. The summed E-state index contributed by atoms with van der Waals surface area (Å²) in [5.74, 6) is 0. The van der Waals surface area contributed by atoms with Crippen molar-refractivity contribution in [2.75, 3.05) is 0 Å². The SMILES string of the molecule is Cc1cc(-c2ccccc2)cnc1I. The molecule has 1 aromatic carbocycles. The van der Waals surface area contributed by atoms with Crippen molar-refractivity contribution < 1.29 is 0 Å². The van der Waals surface area contributed by atoms with Crippen molar-refractivity contribution >= 4 is 22.6 Å². The minimum atomic E-state index is 1.07. The van der Waals surface area contributed by atoms with E-state index in [0.29, 0.717) is 0 Å². The summed E-state index contributed by atoms with van der Waals surface area (Å²) in [7, 11) is 0. The first-order chi connectivity index (χ1) is 6.77. The van der Waals surface area contributed by atoms with Crippen LogP contribution >= 0.6 is 22.6 Å². The summed E-state index contributed by atoms with van der Waals surface area (Å²) in [5.41, 5.74) is 3.63. The Morgan fingerprint density at radius 2 is 1.79 bits per heavy atom. The van der Waals surface area contributed by atoms with Crippen molar-refractivity contribution in [1.82, 2.24) is 4.98 Å². The van der Waals surface area contributed by atoms with Crippen LogP contribution in [0.15, 0.2) is 42.6 Å². The lowest BCUT2D eigenvalue weighted by atomic mass is 10.1. The number of benzene rings is 1. The molecule has 0 aliphatic heterocycles. The van der Waals surface area contributed by atoms with E-state index in [4.69, 9.17) is 0 Å². The molecule has 2 rings (SSSR count). The number of rotatable bonds is 1. The molecule has 0 radical (unpaired) electrons. The highest BCUT2D eigenvalue weighted by Crippen LogP contribution is 2.20. The number of aromatic nitrogens is 1. The van der Waals surface area contributed by atoms with Gasteiger partial charge in [0.15, 0.2) is 0 Å². The summed E-state index contributed by atoms with van der Waals surface area (Å²) < 4.78 is 1.07. The lowest BCUT2D eigenvalue weighted by molar-refractivity contribution is 1.21. The van der Waals surface area contributed by atoms with Crippen molar-refractivity contribution in [2.45, 2.75) is 6.92 Å². The van der Waals surface area contributed by atoms with Gasteiger partial charge in [-0.25, -0.2) is 4.98 Å². The molecule has 1 nitrogen and oxygen atoms in total. The number of hydrogen-bond donors (Lipinski definition) is 0. The number of aryl methyl sites for hydroxylation is 1. The second kappa shape index (κ2) is 4.09. The molecule has 1 heterocycles. The molecular weight excluding hydrogens is 285 g/mol. The Hall–Kier alpha value is -0.900. The molecule has 14 heavy (non-hydrogen) atoms. The van der Waals surface area contributed by atoms with Gasteiger partial charge in [-0.15, -0.1) is 0 Å². The highest BCUT2D eigenvalue weighted by molar-refractivity contribution is 14.1. The summed E-state index contributed by atoms with van der Waals surface area (Å²) in [6.45, 7) is 2.08. The second-order valence-electron chi connectivity index (χ2n) is 3.20. The molecule has 0 atom stereocenters. The zero-order chi connectivity index (χ0) is 9.97. The molecule has 0 aliphatic carbocycles. The Balaban J connectivity index is 2.48. The summed E-state index contributed by atoms with van der Waals surface area (Å²) >= 11 is 2.25. The van der Waals surface area contributed by atoms with Gasteiger partial charge >= 0.3 is 0 Å². The van der Waals surface area contributed by atoms with Crippen LogP contribution in [0.3, 0.4) is 0 Å². The first kappa shape index (κ1) is 9.65. The quantitative estimate of drug-likeness (QED) is 0.578. The van der Waals surface area contributed by atoms with Crippen LogP contribution in [0.5, 0.6) is 0 Å². The standard InChI is InChI=1S/C12H10IN/c1-9-7-11(8-14-12(9)13)10-5-3-2-4-6-10/h2-8H,1H3. The highest BCUT2D eigenvalue weighted by Gasteiger charge is 2.00. The number of nitrogens with zero attached hydrogens (tertiary/aromatic N) is 1. The third-order valence-corrected chi connectivity index (χ3v) is 3.25. The van der Waals surface area contributed by atoms with Crippen LogP contribution in [0.25, 0.3) is 11.1 Å². The predicted octanol–water partition coefficient (Wildman–Crippen LogP) is 3.66. The molecule has 0 amide bonds. The Morgan fingerprint density at radius 1 is 1.07 bits per heavy atom. The van der Waals surface area contributed by atoms with Crippen molar-refractivity contribution in [1.29, 1.82) is 0 Å². The zero-order valence-electron chi connectivity index (χ0n) is 7.87. The van der Waals surface area contributed by atoms with Gasteiger partial charge in [-0.3, -0.25) is 0 Å². The normalized spacial score (nSPS) is 10.1. The molecule has 2 aromatic rings. The molecule has 0 unspecified atom stereocenters. The average molecular weight is 295 g/mol. The van der Waals surface area contributed by atoms with E-state index < -0.39 is 0 Å². The van der Waals surface area contributed by atoms with Crippen LogP contribution in [0.2, 0.25) is 0 Å². The zero-order valence-corrected chi connectivity index (χ0v) is 10.0. The third kappa shape index (κ3) is 1.95. The fourth-order valence-electron chi connectivity index (χ4n) is 1.35.